The summed E-state index contributed by atoms with van der Waals surface area (Å²) in [6, 6.07) is 10.7. The van der Waals surface area contributed by atoms with E-state index in [0.29, 0.717) is 54.0 Å². The number of aromatic nitrogens is 3. The molecule has 1 saturated heterocycles. The first-order chi connectivity index (χ1) is 14.4. The van der Waals surface area contributed by atoms with Crippen LogP contribution in [0.1, 0.15) is 45.6 Å². The average molecular weight is 428 g/mol. The van der Waals surface area contributed by atoms with Crippen LogP contribution in [0, 0.1) is 13.8 Å². The van der Waals surface area contributed by atoms with Crippen LogP contribution in [0.25, 0.3) is 5.69 Å². The quantitative estimate of drug-likeness (QED) is 0.690. The first-order valence-corrected chi connectivity index (χ1v) is 10.2. The number of aryl methyl sites for hydroxylation is 2. The van der Waals surface area contributed by atoms with Crippen molar-refractivity contribution >= 4 is 23.4 Å². The van der Waals surface area contributed by atoms with E-state index in [2.05, 4.69) is 15.4 Å². The predicted molar refractivity (Wildman–Crippen MR) is 111 cm³/mol. The highest BCUT2D eigenvalue weighted by atomic mass is 35.5. The van der Waals surface area contributed by atoms with Crippen LogP contribution < -0.4 is 5.32 Å². The fourth-order valence-corrected chi connectivity index (χ4v) is 3.73. The average Bonchev–Trinajstić information content (AvgIpc) is 3.34. The van der Waals surface area contributed by atoms with Crippen molar-refractivity contribution in [3.05, 3.63) is 64.6 Å². The third-order valence-corrected chi connectivity index (χ3v) is 5.44. The number of benzene rings is 1. The highest BCUT2D eigenvalue weighted by Crippen LogP contribution is 2.21. The zero-order valence-corrected chi connectivity index (χ0v) is 17.5. The van der Waals surface area contributed by atoms with E-state index in [1.807, 2.05) is 18.2 Å². The number of halogens is 1. The van der Waals surface area contributed by atoms with E-state index in [-0.39, 0.29) is 23.7 Å². The van der Waals surface area contributed by atoms with Crippen molar-refractivity contribution in [1.29, 1.82) is 0 Å². The lowest BCUT2D eigenvalue weighted by Gasteiger charge is -2.31. The molecule has 8 nitrogen and oxygen atoms in total. The molecular weight excluding hydrogens is 406 g/mol. The molecule has 0 unspecified atom stereocenters. The molecule has 0 atom stereocenters. The van der Waals surface area contributed by atoms with Gasteiger partial charge in [0.05, 0.1) is 10.7 Å². The maximum Gasteiger partial charge on any atom is 0.293 e. The number of nitrogens with one attached hydrogen (secondary N) is 1. The van der Waals surface area contributed by atoms with E-state index < -0.39 is 0 Å². The molecule has 156 valence electrons. The molecule has 0 spiro atoms. The van der Waals surface area contributed by atoms with Gasteiger partial charge in [-0.05, 0) is 51.0 Å². The Morgan fingerprint density at radius 1 is 1.13 bits per heavy atom. The Hall–Kier alpha value is -3.13. The van der Waals surface area contributed by atoms with Gasteiger partial charge < -0.3 is 14.6 Å². The number of carbonyl (C=O) groups is 2. The molecule has 1 fully saturated rings. The summed E-state index contributed by atoms with van der Waals surface area (Å²) in [5.74, 6) is 1.26. The molecule has 3 aromatic rings. The third-order valence-electron chi connectivity index (χ3n) is 5.12. The van der Waals surface area contributed by atoms with Crippen LogP contribution in [-0.4, -0.2) is 50.6 Å². The molecule has 3 heterocycles. The van der Waals surface area contributed by atoms with Crippen molar-refractivity contribution in [3.8, 4) is 5.69 Å². The Morgan fingerprint density at radius 3 is 2.53 bits per heavy atom. The second kappa shape index (κ2) is 8.31. The van der Waals surface area contributed by atoms with Gasteiger partial charge in [-0.15, -0.1) is 5.10 Å². The summed E-state index contributed by atoms with van der Waals surface area (Å²) >= 11 is 6.25. The zero-order valence-electron chi connectivity index (χ0n) is 16.8. The number of nitrogens with zero attached hydrogens (tertiary/aromatic N) is 4. The Balaban J connectivity index is 1.38. The van der Waals surface area contributed by atoms with Crippen LogP contribution in [0.2, 0.25) is 5.02 Å². The maximum absolute atomic E-state index is 12.9. The van der Waals surface area contributed by atoms with Crippen molar-refractivity contribution in [3.63, 3.8) is 0 Å². The van der Waals surface area contributed by atoms with Crippen molar-refractivity contribution in [1.82, 2.24) is 25.0 Å². The number of hydrogen-bond acceptors (Lipinski definition) is 5. The monoisotopic (exact) mass is 427 g/mol. The fraction of sp³-hybridized carbons (Fsp3) is 0.333. The zero-order chi connectivity index (χ0) is 21.3. The summed E-state index contributed by atoms with van der Waals surface area (Å²) < 4.78 is 6.93. The van der Waals surface area contributed by atoms with Gasteiger partial charge in [-0.25, -0.2) is 9.67 Å². The number of piperidine rings is 1. The standard InChI is InChI=1S/C21H22ClN5O3/c1-13-7-8-18(30-13)20(28)24-15-9-11-26(12-10-15)21(29)19-23-14(2)27(25-19)17-6-4-3-5-16(17)22/h3-8,15H,9-12H2,1-2H3,(H,24,28). The summed E-state index contributed by atoms with van der Waals surface area (Å²) in [4.78, 5) is 31.2. The second-order valence-corrected chi connectivity index (χ2v) is 7.70. The normalized spacial score (nSPS) is 14.7. The Bertz CT molecular complexity index is 1080. The fourth-order valence-electron chi connectivity index (χ4n) is 3.51. The van der Waals surface area contributed by atoms with E-state index >= 15 is 0 Å². The highest BCUT2D eigenvalue weighted by molar-refractivity contribution is 6.32. The summed E-state index contributed by atoms with van der Waals surface area (Å²) in [6.45, 7) is 4.61. The van der Waals surface area contributed by atoms with Crippen molar-refractivity contribution in [2.75, 3.05) is 13.1 Å². The minimum atomic E-state index is -0.233. The van der Waals surface area contributed by atoms with Gasteiger partial charge in [0.25, 0.3) is 11.8 Å². The first-order valence-electron chi connectivity index (χ1n) is 9.77. The second-order valence-electron chi connectivity index (χ2n) is 7.30. The van der Waals surface area contributed by atoms with E-state index in [4.69, 9.17) is 16.0 Å². The van der Waals surface area contributed by atoms with E-state index in [1.165, 1.54) is 0 Å². The number of rotatable bonds is 4. The van der Waals surface area contributed by atoms with Crippen LogP contribution in [0.15, 0.2) is 40.8 Å². The summed E-state index contributed by atoms with van der Waals surface area (Å²) in [5.41, 5.74) is 0.679. The van der Waals surface area contributed by atoms with Gasteiger partial charge in [-0.3, -0.25) is 9.59 Å². The van der Waals surface area contributed by atoms with Crippen LogP contribution >= 0.6 is 11.6 Å². The molecule has 1 aromatic carbocycles. The molecule has 0 saturated carbocycles. The minimum Gasteiger partial charge on any atom is -0.456 e. The Morgan fingerprint density at radius 2 is 1.87 bits per heavy atom. The smallest absolute Gasteiger partial charge is 0.293 e. The molecular formula is C21H22ClN5O3. The van der Waals surface area contributed by atoms with Gasteiger partial charge in [-0.2, -0.15) is 0 Å². The molecule has 2 aromatic heterocycles. The molecule has 1 aliphatic rings. The van der Waals surface area contributed by atoms with Crippen LogP contribution in [0.4, 0.5) is 0 Å². The number of amides is 2. The van der Waals surface area contributed by atoms with E-state index in [0.717, 1.165) is 0 Å². The summed E-state index contributed by atoms with van der Waals surface area (Å²) in [5, 5.41) is 7.88. The summed E-state index contributed by atoms with van der Waals surface area (Å²) in [6.07, 6.45) is 1.31. The molecule has 1 aliphatic heterocycles. The topological polar surface area (TPSA) is 93.3 Å². The third kappa shape index (κ3) is 4.09. The molecule has 0 bridgehead atoms. The molecule has 4 rings (SSSR count). The van der Waals surface area contributed by atoms with Crippen molar-refractivity contribution < 1.29 is 14.0 Å². The van der Waals surface area contributed by atoms with Crippen molar-refractivity contribution in [2.45, 2.75) is 32.7 Å². The number of para-hydroxylation sites is 1. The number of hydrogen-bond donors (Lipinski definition) is 1. The SMILES string of the molecule is Cc1ccc(C(=O)NC2CCN(C(=O)c3nc(C)n(-c4ccccc4Cl)n3)CC2)o1. The summed E-state index contributed by atoms with van der Waals surface area (Å²) in [7, 11) is 0. The molecule has 0 aliphatic carbocycles. The Labute approximate surface area is 178 Å². The van der Waals surface area contributed by atoms with E-state index in [1.54, 1.807) is 41.6 Å². The van der Waals surface area contributed by atoms with Gasteiger partial charge in [0.1, 0.15) is 11.6 Å². The number of likely N-dealkylation sites (tertiary alicyclic amines) is 1. The van der Waals surface area contributed by atoms with Gasteiger partial charge >= 0.3 is 0 Å². The molecule has 1 N–H and O–H groups in total. The largest absolute Gasteiger partial charge is 0.456 e. The van der Waals surface area contributed by atoms with Crippen molar-refractivity contribution in [2.24, 2.45) is 0 Å². The van der Waals surface area contributed by atoms with Crippen LogP contribution in [-0.2, 0) is 0 Å². The Kier molecular flexibility index (Phi) is 5.59. The molecule has 9 heteroatoms. The lowest BCUT2D eigenvalue weighted by atomic mass is 10.0. The van der Waals surface area contributed by atoms with E-state index in [9.17, 15) is 9.59 Å². The highest BCUT2D eigenvalue weighted by Gasteiger charge is 2.28. The number of furan rings is 1. The lowest BCUT2D eigenvalue weighted by Crippen LogP contribution is -2.46. The maximum atomic E-state index is 12.9. The molecule has 0 radical (unpaired) electrons. The molecule has 2 amide bonds. The first kappa shape index (κ1) is 20.2. The lowest BCUT2D eigenvalue weighted by molar-refractivity contribution is 0.0684. The van der Waals surface area contributed by atoms with Crippen LogP contribution in [0.5, 0.6) is 0 Å². The minimum absolute atomic E-state index is 0.0117. The van der Waals surface area contributed by atoms with Gasteiger partial charge in [0.15, 0.2) is 5.76 Å². The van der Waals surface area contributed by atoms with Gasteiger partial charge in [0.2, 0.25) is 5.82 Å². The predicted octanol–water partition coefficient (Wildman–Crippen LogP) is 3.17. The molecule has 30 heavy (non-hydrogen) atoms. The van der Waals surface area contributed by atoms with Gasteiger partial charge in [0, 0.05) is 19.1 Å². The number of carbonyl (C=O) groups excluding carboxylic acids is 2. The van der Waals surface area contributed by atoms with Crippen LogP contribution in [0.3, 0.4) is 0 Å². The van der Waals surface area contributed by atoms with Gasteiger partial charge in [-0.1, -0.05) is 23.7 Å².